The SMILES string of the molecule is CCC(C)N(C)CCNS(=O)(=O)c1c(N)cc(Cl)cc1Cl. The summed E-state index contributed by atoms with van der Waals surface area (Å²) in [5.74, 6) is 0. The summed E-state index contributed by atoms with van der Waals surface area (Å²) in [6, 6.07) is 3.12. The molecular formula is C13H21Cl2N3O2S. The summed E-state index contributed by atoms with van der Waals surface area (Å²) in [7, 11) is -1.81. The van der Waals surface area contributed by atoms with E-state index in [2.05, 4.69) is 23.5 Å². The first kappa shape index (κ1) is 18.5. The summed E-state index contributed by atoms with van der Waals surface area (Å²) in [4.78, 5) is 1.95. The van der Waals surface area contributed by atoms with Gasteiger partial charge in [-0.05, 0) is 32.5 Å². The molecule has 5 nitrogen and oxygen atoms in total. The normalized spacial score (nSPS) is 13.6. The molecule has 0 heterocycles. The summed E-state index contributed by atoms with van der Waals surface area (Å²) in [6.45, 7) is 5.04. The van der Waals surface area contributed by atoms with Gasteiger partial charge in [-0.3, -0.25) is 0 Å². The van der Waals surface area contributed by atoms with Crippen molar-refractivity contribution in [1.82, 2.24) is 9.62 Å². The Morgan fingerprint density at radius 2 is 2.00 bits per heavy atom. The first-order valence-electron chi connectivity index (χ1n) is 6.63. The molecule has 0 radical (unpaired) electrons. The van der Waals surface area contributed by atoms with Crippen LogP contribution in [0.5, 0.6) is 0 Å². The lowest BCUT2D eigenvalue weighted by Crippen LogP contribution is -2.37. The van der Waals surface area contributed by atoms with Gasteiger partial charge in [-0.2, -0.15) is 0 Å². The molecular weight excluding hydrogens is 333 g/mol. The van der Waals surface area contributed by atoms with Gasteiger partial charge < -0.3 is 10.6 Å². The molecule has 0 aromatic heterocycles. The minimum absolute atomic E-state index is 0.0165. The molecule has 1 unspecified atom stereocenters. The molecule has 120 valence electrons. The van der Waals surface area contributed by atoms with Gasteiger partial charge in [0.1, 0.15) is 4.90 Å². The fourth-order valence-corrected chi connectivity index (χ4v) is 3.83. The number of nitrogens with two attached hydrogens (primary N) is 1. The van der Waals surface area contributed by atoms with E-state index in [-0.39, 0.29) is 22.2 Å². The number of anilines is 1. The zero-order chi connectivity index (χ0) is 16.2. The van der Waals surface area contributed by atoms with Gasteiger partial charge in [0.25, 0.3) is 0 Å². The molecule has 0 bridgehead atoms. The molecule has 0 aliphatic carbocycles. The number of sulfonamides is 1. The van der Waals surface area contributed by atoms with Crippen LogP contribution in [0.1, 0.15) is 20.3 Å². The standard InChI is InChI=1S/C13H21Cl2N3O2S/c1-4-9(2)18(3)6-5-17-21(19,20)13-11(15)7-10(14)8-12(13)16/h7-9,17H,4-6,16H2,1-3H3. The van der Waals surface area contributed by atoms with Crippen molar-refractivity contribution in [2.24, 2.45) is 0 Å². The molecule has 8 heteroatoms. The number of likely N-dealkylation sites (N-methyl/N-ethyl adjacent to an activating group) is 1. The Balaban J connectivity index is 2.80. The van der Waals surface area contributed by atoms with Crippen LogP contribution in [0.4, 0.5) is 5.69 Å². The van der Waals surface area contributed by atoms with Crippen molar-refractivity contribution in [3.63, 3.8) is 0 Å². The lowest BCUT2D eigenvalue weighted by molar-refractivity contribution is 0.256. The second-order valence-corrected chi connectivity index (χ2v) is 7.49. The van der Waals surface area contributed by atoms with Crippen LogP contribution < -0.4 is 10.5 Å². The highest BCUT2D eigenvalue weighted by molar-refractivity contribution is 7.89. The number of nitrogens with one attached hydrogen (secondary N) is 1. The summed E-state index contributed by atoms with van der Waals surface area (Å²) in [6.07, 6.45) is 0.999. The highest BCUT2D eigenvalue weighted by Gasteiger charge is 2.22. The molecule has 0 saturated heterocycles. The van der Waals surface area contributed by atoms with E-state index in [9.17, 15) is 8.42 Å². The fourth-order valence-electron chi connectivity index (χ4n) is 1.82. The second-order valence-electron chi connectivity index (χ2n) is 4.94. The number of nitrogen functional groups attached to an aromatic ring is 1. The van der Waals surface area contributed by atoms with E-state index in [1.807, 2.05) is 7.05 Å². The van der Waals surface area contributed by atoms with Crippen molar-refractivity contribution >= 4 is 38.9 Å². The second kappa shape index (κ2) is 7.65. The van der Waals surface area contributed by atoms with Gasteiger partial charge in [-0.25, -0.2) is 13.1 Å². The molecule has 3 N–H and O–H groups in total. The Labute approximate surface area is 136 Å². The predicted octanol–water partition coefficient (Wildman–Crippen LogP) is 2.58. The van der Waals surface area contributed by atoms with Crippen LogP contribution in [-0.2, 0) is 10.0 Å². The Hall–Kier alpha value is -0.530. The third-order valence-electron chi connectivity index (χ3n) is 3.41. The lowest BCUT2D eigenvalue weighted by Gasteiger charge is -2.23. The van der Waals surface area contributed by atoms with E-state index >= 15 is 0 Å². The number of halogens is 2. The molecule has 0 amide bonds. The van der Waals surface area contributed by atoms with Gasteiger partial charge >= 0.3 is 0 Å². The predicted molar refractivity (Wildman–Crippen MR) is 88.4 cm³/mol. The van der Waals surface area contributed by atoms with E-state index in [0.29, 0.717) is 17.6 Å². The average Bonchev–Trinajstić information content (AvgIpc) is 2.35. The van der Waals surface area contributed by atoms with Crippen molar-refractivity contribution in [2.75, 3.05) is 25.9 Å². The third kappa shape index (κ3) is 5.00. The van der Waals surface area contributed by atoms with E-state index in [1.54, 1.807) is 0 Å². The zero-order valence-corrected chi connectivity index (χ0v) is 14.7. The van der Waals surface area contributed by atoms with Crippen LogP contribution in [0.3, 0.4) is 0 Å². The maximum Gasteiger partial charge on any atom is 0.244 e. The molecule has 0 fully saturated rings. The maximum absolute atomic E-state index is 12.3. The van der Waals surface area contributed by atoms with Gasteiger partial charge in [-0.1, -0.05) is 30.1 Å². The maximum atomic E-state index is 12.3. The van der Waals surface area contributed by atoms with Crippen LogP contribution >= 0.6 is 23.2 Å². The van der Waals surface area contributed by atoms with Crippen LogP contribution in [0, 0.1) is 0 Å². The first-order valence-corrected chi connectivity index (χ1v) is 8.87. The monoisotopic (exact) mass is 353 g/mol. The molecule has 1 aromatic carbocycles. The minimum atomic E-state index is -3.76. The number of benzene rings is 1. The van der Waals surface area contributed by atoms with E-state index in [0.717, 1.165) is 6.42 Å². The number of rotatable bonds is 7. The first-order chi connectivity index (χ1) is 9.69. The third-order valence-corrected chi connectivity index (χ3v) is 5.61. The van der Waals surface area contributed by atoms with Crippen LogP contribution in [0.2, 0.25) is 10.0 Å². The Bertz CT molecular complexity index is 570. The number of hydrogen-bond acceptors (Lipinski definition) is 4. The summed E-state index contributed by atoms with van der Waals surface area (Å²) in [5.41, 5.74) is 5.75. The Morgan fingerprint density at radius 3 is 2.52 bits per heavy atom. The van der Waals surface area contributed by atoms with Gasteiger partial charge in [0.05, 0.1) is 10.7 Å². The fraction of sp³-hybridized carbons (Fsp3) is 0.538. The van der Waals surface area contributed by atoms with Crippen molar-refractivity contribution in [3.8, 4) is 0 Å². The molecule has 0 spiro atoms. The summed E-state index contributed by atoms with van der Waals surface area (Å²) >= 11 is 11.7. The minimum Gasteiger partial charge on any atom is -0.398 e. The molecule has 0 aliphatic rings. The zero-order valence-electron chi connectivity index (χ0n) is 12.4. The average molecular weight is 354 g/mol. The molecule has 21 heavy (non-hydrogen) atoms. The molecule has 1 rings (SSSR count). The molecule has 1 aromatic rings. The van der Waals surface area contributed by atoms with Gasteiger partial charge in [0, 0.05) is 24.2 Å². The summed E-state index contributed by atoms with van der Waals surface area (Å²) in [5, 5.41) is 0.315. The van der Waals surface area contributed by atoms with Crippen molar-refractivity contribution in [3.05, 3.63) is 22.2 Å². The molecule has 0 saturated carbocycles. The van der Waals surface area contributed by atoms with Crippen LogP contribution in [0.15, 0.2) is 17.0 Å². The number of hydrogen-bond donors (Lipinski definition) is 2. The number of nitrogens with zero attached hydrogens (tertiary/aromatic N) is 1. The largest absolute Gasteiger partial charge is 0.398 e. The van der Waals surface area contributed by atoms with Crippen molar-refractivity contribution in [1.29, 1.82) is 0 Å². The van der Waals surface area contributed by atoms with Gasteiger partial charge in [0.15, 0.2) is 0 Å². The lowest BCUT2D eigenvalue weighted by atomic mass is 10.2. The Kier molecular flexibility index (Phi) is 6.74. The topological polar surface area (TPSA) is 75.4 Å². The van der Waals surface area contributed by atoms with Crippen molar-refractivity contribution in [2.45, 2.75) is 31.2 Å². The van der Waals surface area contributed by atoms with Crippen LogP contribution in [-0.4, -0.2) is 39.5 Å². The quantitative estimate of drug-likeness (QED) is 0.738. The van der Waals surface area contributed by atoms with Crippen molar-refractivity contribution < 1.29 is 8.42 Å². The van der Waals surface area contributed by atoms with E-state index in [1.165, 1.54) is 12.1 Å². The van der Waals surface area contributed by atoms with Gasteiger partial charge in [0.2, 0.25) is 10.0 Å². The molecule has 1 atom stereocenters. The van der Waals surface area contributed by atoms with E-state index < -0.39 is 10.0 Å². The van der Waals surface area contributed by atoms with E-state index in [4.69, 9.17) is 28.9 Å². The summed E-state index contributed by atoms with van der Waals surface area (Å²) < 4.78 is 27.0. The highest BCUT2D eigenvalue weighted by Crippen LogP contribution is 2.30. The van der Waals surface area contributed by atoms with Gasteiger partial charge in [-0.15, -0.1) is 0 Å². The Morgan fingerprint density at radius 1 is 1.38 bits per heavy atom. The van der Waals surface area contributed by atoms with Crippen LogP contribution in [0.25, 0.3) is 0 Å². The smallest absolute Gasteiger partial charge is 0.244 e. The molecule has 0 aliphatic heterocycles. The highest BCUT2D eigenvalue weighted by atomic mass is 35.5.